The molecule has 0 bridgehead atoms. The van der Waals surface area contributed by atoms with Crippen LogP contribution in [0, 0.1) is 5.92 Å². The lowest BCUT2D eigenvalue weighted by molar-refractivity contribution is -0.141. The van der Waals surface area contributed by atoms with Crippen molar-refractivity contribution in [3.8, 4) is 5.75 Å². The smallest absolute Gasteiger partial charge is 0.433 e. The summed E-state index contributed by atoms with van der Waals surface area (Å²) in [5, 5.41) is 0. The molecule has 4 rings (SSSR count). The summed E-state index contributed by atoms with van der Waals surface area (Å²) in [4.78, 5) is 10.1. The molecule has 176 valence electrons. The van der Waals surface area contributed by atoms with Gasteiger partial charge in [0.2, 0.25) is 0 Å². The number of hydrogen-bond donors (Lipinski definition) is 0. The van der Waals surface area contributed by atoms with Crippen LogP contribution < -0.4 is 4.74 Å². The van der Waals surface area contributed by atoms with Gasteiger partial charge in [-0.05, 0) is 56.9 Å². The van der Waals surface area contributed by atoms with Gasteiger partial charge in [-0.1, -0.05) is 24.8 Å². The summed E-state index contributed by atoms with van der Waals surface area (Å²) in [6.45, 7) is 14.0. The summed E-state index contributed by atoms with van der Waals surface area (Å²) >= 11 is 0. The van der Waals surface area contributed by atoms with E-state index in [1.165, 1.54) is 20.0 Å². The van der Waals surface area contributed by atoms with Gasteiger partial charge in [0.15, 0.2) is 0 Å². The molecule has 0 N–H and O–H groups in total. The Morgan fingerprint density at radius 3 is 2.58 bits per heavy atom. The van der Waals surface area contributed by atoms with Gasteiger partial charge in [0.25, 0.3) is 0 Å². The number of likely N-dealkylation sites (tertiary alicyclic amines) is 1. The molecular weight excluding hydrogens is 434 g/mol. The van der Waals surface area contributed by atoms with E-state index in [0.29, 0.717) is 30.1 Å². The zero-order chi connectivity index (χ0) is 24.2. The number of rotatable bonds is 7. The van der Waals surface area contributed by atoms with Crippen LogP contribution >= 0.6 is 0 Å². The molecule has 2 aromatic rings. The molecule has 2 aliphatic rings. The first-order valence-electron chi connectivity index (χ1n) is 10.8. The monoisotopic (exact) mass is 461 g/mol. The molecule has 2 unspecified atom stereocenters. The molecule has 1 aliphatic carbocycles. The van der Waals surface area contributed by atoms with Crippen LogP contribution in [0.5, 0.6) is 5.75 Å². The average molecular weight is 462 g/mol. The lowest BCUT2D eigenvalue weighted by Crippen LogP contribution is -2.27. The molecule has 0 spiro atoms. The molecule has 2 fully saturated rings. The average Bonchev–Trinajstić information content (AvgIpc) is 3.31. The van der Waals surface area contributed by atoms with Crippen molar-refractivity contribution in [2.75, 3.05) is 19.7 Å². The van der Waals surface area contributed by atoms with E-state index in [1.807, 2.05) is 24.0 Å². The van der Waals surface area contributed by atoms with Gasteiger partial charge in [0.1, 0.15) is 29.5 Å². The minimum absolute atomic E-state index is 0.121. The Morgan fingerprint density at radius 1 is 1.21 bits per heavy atom. The quantitative estimate of drug-likeness (QED) is 0.481. The zero-order valence-corrected chi connectivity index (χ0v) is 19.0. The zero-order valence-electron chi connectivity index (χ0n) is 19.0. The summed E-state index contributed by atoms with van der Waals surface area (Å²) in [7, 11) is 0. The summed E-state index contributed by atoms with van der Waals surface area (Å²) in [5.41, 5.74) is 0.190. The maximum atomic E-state index is 14.1. The number of hydrogen-bond acceptors (Lipinski definition) is 4. The van der Waals surface area contributed by atoms with Crippen molar-refractivity contribution in [1.29, 1.82) is 0 Å². The number of benzene rings is 1. The molecular formula is C25H27F4N3O. The fraction of sp³-hybridized carbons (Fsp3) is 0.440. The number of piperidine rings is 1. The van der Waals surface area contributed by atoms with Crippen molar-refractivity contribution in [2.45, 2.75) is 44.5 Å². The second-order valence-corrected chi connectivity index (χ2v) is 9.65. The third kappa shape index (κ3) is 4.61. The van der Waals surface area contributed by atoms with E-state index in [1.54, 1.807) is 6.07 Å². The van der Waals surface area contributed by atoms with Gasteiger partial charge in [-0.15, -0.1) is 0 Å². The van der Waals surface area contributed by atoms with Gasteiger partial charge in [-0.3, -0.25) is 0 Å². The van der Waals surface area contributed by atoms with Crippen LogP contribution in [0.1, 0.15) is 49.8 Å². The number of ether oxygens (including phenoxy) is 1. The van der Waals surface area contributed by atoms with Crippen LogP contribution in [-0.4, -0.2) is 40.2 Å². The Kier molecular flexibility index (Phi) is 5.53. The van der Waals surface area contributed by atoms with Crippen molar-refractivity contribution in [3.05, 3.63) is 66.3 Å². The number of nitrogens with zero attached hydrogens (tertiary/aromatic N) is 3. The molecule has 4 nitrogen and oxygen atoms in total. The summed E-state index contributed by atoms with van der Waals surface area (Å²) in [5.74, 6) is 0.876. The summed E-state index contributed by atoms with van der Waals surface area (Å²) < 4.78 is 59.3. The number of aromatic nitrogens is 2. The van der Waals surface area contributed by atoms with E-state index in [4.69, 9.17) is 4.74 Å². The van der Waals surface area contributed by atoms with Crippen LogP contribution in [0.2, 0.25) is 0 Å². The van der Waals surface area contributed by atoms with Gasteiger partial charge >= 0.3 is 6.18 Å². The minimum atomic E-state index is -4.51. The van der Waals surface area contributed by atoms with Crippen LogP contribution in [0.15, 0.2) is 43.6 Å². The van der Waals surface area contributed by atoms with E-state index in [9.17, 15) is 17.6 Å². The Bertz CT molecular complexity index is 1110. The Balaban J connectivity index is 1.60. The number of fused-ring (bicyclic) bond motifs is 1. The lowest BCUT2D eigenvalue weighted by atomic mass is 10.0. The highest BCUT2D eigenvalue weighted by Gasteiger charge is 2.63. The third-order valence-electron chi connectivity index (χ3n) is 6.27. The van der Waals surface area contributed by atoms with Crippen LogP contribution in [0.3, 0.4) is 0 Å². The molecule has 8 heteroatoms. The topological polar surface area (TPSA) is 38.2 Å². The van der Waals surface area contributed by atoms with Gasteiger partial charge < -0.3 is 9.64 Å². The largest absolute Gasteiger partial charge is 0.490 e. The van der Waals surface area contributed by atoms with Gasteiger partial charge in [-0.2, -0.15) is 13.2 Å². The number of alkyl halides is 4. The van der Waals surface area contributed by atoms with Gasteiger partial charge in [-0.25, -0.2) is 14.4 Å². The normalized spacial score (nSPS) is 22.2. The minimum Gasteiger partial charge on any atom is -0.490 e. The molecule has 0 radical (unpaired) electrons. The second-order valence-electron chi connectivity index (χ2n) is 9.65. The van der Waals surface area contributed by atoms with Crippen LogP contribution in [0.25, 0.3) is 11.3 Å². The van der Waals surface area contributed by atoms with E-state index >= 15 is 0 Å². The maximum Gasteiger partial charge on any atom is 0.433 e. The van der Waals surface area contributed by atoms with Gasteiger partial charge in [0, 0.05) is 30.5 Å². The Labute approximate surface area is 191 Å². The van der Waals surface area contributed by atoms with E-state index in [0.717, 1.165) is 23.6 Å². The standard InChI is InChI=1S/C25H27F4N3O/c1-15(2)17-6-7-20(33-14-23(4,5)26)19(10-17)16(3)32-12-18-11-24(18,13-32)22-30-9-8-21(31-22)25(27,28)29/h6-10,18H,1,3,11-14H2,2,4-5H3. The highest BCUT2D eigenvalue weighted by molar-refractivity contribution is 5.73. The van der Waals surface area contributed by atoms with Crippen molar-refractivity contribution < 1.29 is 22.3 Å². The highest BCUT2D eigenvalue weighted by atomic mass is 19.4. The molecule has 1 saturated heterocycles. The number of allylic oxidation sites excluding steroid dienone is 1. The lowest BCUT2D eigenvalue weighted by Gasteiger charge is -2.27. The molecule has 1 aromatic heterocycles. The van der Waals surface area contributed by atoms with Gasteiger partial charge in [0.05, 0.1) is 5.41 Å². The predicted molar refractivity (Wildman–Crippen MR) is 119 cm³/mol. The van der Waals surface area contributed by atoms with Crippen LogP contribution in [0.4, 0.5) is 17.6 Å². The first kappa shape index (κ1) is 23.3. The maximum absolute atomic E-state index is 14.1. The first-order chi connectivity index (χ1) is 15.3. The van der Waals surface area contributed by atoms with Crippen molar-refractivity contribution in [3.63, 3.8) is 0 Å². The van der Waals surface area contributed by atoms with Crippen LogP contribution in [-0.2, 0) is 11.6 Å². The van der Waals surface area contributed by atoms with Crippen molar-refractivity contribution >= 4 is 11.3 Å². The fourth-order valence-electron chi connectivity index (χ4n) is 4.36. The van der Waals surface area contributed by atoms with E-state index in [-0.39, 0.29) is 18.3 Å². The Morgan fingerprint density at radius 2 is 1.94 bits per heavy atom. The molecule has 1 saturated carbocycles. The van der Waals surface area contributed by atoms with Crippen molar-refractivity contribution in [2.24, 2.45) is 5.92 Å². The molecule has 2 heterocycles. The summed E-state index contributed by atoms with van der Waals surface area (Å²) in [6.07, 6.45) is -2.60. The van der Waals surface area contributed by atoms with E-state index in [2.05, 4.69) is 23.1 Å². The number of halogens is 4. The highest BCUT2D eigenvalue weighted by Crippen LogP contribution is 2.59. The van der Waals surface area contributed by atoms with Crippen molar-refractivity contribution in [1.82, 2.24) is 14.9 Å². The fourth-order valence-corrected chi connectivity index (χ4v) is 4.36. The molecule has 0 amide bonds. The SMILES string of the molecule is C=C(C)c1ccc(OCC(C)(C)F)c(C(=C)N2CC3CC3(c3nccc(C(F)(F)F)n3)C2)c1. The molecule has 1 aromatic carbocycles. The first-order valence-corrected chi connectivity index (χ1v) is 10.8. The Hall–Kier alpha value is -2.90. The molecule has 1 aliphatic heterocycles. The summed E-state index contributed by atoms with van der Waals surface area (Å²) in [6, 6.07) is 6.43. The molecule has 2 atom stereocenters. The molecule has 33 heavy (non-hydrogen) atoms. The predicted octanol–water partition coefficient (Wildman–Crippen LogP) is 5.90. The second kappa shape index (κ2) is 7.85. The third-order valence-corrected chi connectivity index (χ3v) is 6.27. The van der Waals surface area contributed by atoms with E-state index < -0.39 is 23.0 Å².